The number of hydrogen-bond acceptors (Lipinski definition) is 3. The predicted octanol–water partition coefficient (Wildman–Crippen LogP) is 6.05. The Labute approximate surface area is 185 Å². The van der Waals surface area contributed by atoms with Crippen LogP contribution in [0.5, 0.6) is 5.75 Å². The van der Waals surface area contributed by atoms with E-state index in [0.29, 0.717) is 29.0 Å². The summed E-state index contributed by atoms with van der Waals surface area (Å²) in [5.74, 6) is -0.491. The highest BCUT2D eigenvalue weighted by Gasteiger charge is 2.20. The second-order valence-corrected chi connectivity index (χ2v) is 7.91. The van der Waals surface area contributed by atoms with Gasteiger partial charge in [-0.25, -0.2) is 9.78 Å². The highest BCUT2D eigenvalue weighted by atomic mass is 16.5. The minimum atomic E-state index is -1.01. The Kier molecular flexibility index (Phi) is 4.86. The van der Waals surface area contributed by atoms with E-state index in [-0.39, 0.29) is 5.56 Å². The minimum absolute atomic E-state index is 0.182. The summed E-state index contributed by atoms with van der Waals surface area (Å²) in [5.41, 5.74) is 6.32. The summed E-state index contributed by atoms with van der Waals surface area (Å²) in [5, 5.41) is 10.6. The number of rotatable bonds is 5. The van der Waals surface area contributed by atoms with Crippen LogP contribution in [0.3, 0.4) is 0 Å². The Balaban J connectivity index is 1.71. The van der Waals surface area contributed by atoms with Crippen LogP contribution in [0.1, 0.15) is 27.0 Å². The standard InChI is InChI=1S/C27H22N2O3/c1-17-11-12-23(32-16-19-8-4-3-5-9-19)24-21(27(30)31)15-22(28-25(17)24)26-18(2)14-20-10-6-7-13-29(20)26/h3-15H,16H2,1-2H3,(H,30,31). The smallest absolute Gasteiger partial charge is 0.336 e. The lowest BCUT2D eigenvalue weighted by molar-refractivity contribution is 0.0698. The molecule has 0 aliphatic rings. The van der Waals surface area contributed by atoms with Gasteiger partial charge in [0.25, 0.3) is 0 Å². The molecule has 0 bridgehead atoms. The van der Waals surface area contributed by atoms with Crippen molar-refractivity contribution in [2.24, 2.45) is 0 Å². The van der Waals surface area contributed by atoms with E-state index in [4.69, 9.17) is 9.72 Å². The first-order valence-corrected chi connectivity index (χ1v) is 10.4. The number of aromatic carboxylic acids is 1. The van der Waals surface area contributed by atoms with Crippen molar-refractivity contribution in [3.63, 3.8) is 0 Å². The maximum atomic E-state index is 12.3. The molecule has 0 radical (unpaired) electrons. The van der Waals surface area contributed by atoms with Gasteiger partial charge in [0.1, 0.15) is 12.4 Å². The van der Waals surface area contributed by atoms with Crippen LogP contribution in [0.4, 0.5) is 0 Å². The lowest BCUT2D eigenvalue weighted by Crippen LogP contribution is -2.05. The molecule has 3 aromatic heterocycles. The Hall–Kier alpha value is -4.12. The number of carboxylic acids is 1. The molecule has 5 rings (SSSR count). The summed E-state index contributed by atoms with van der Waals surface area (Å²) >= 11 is 0. The summed E-state index contributed by atoms with van der Waals surface area (Å²) in [6, 6.07) is 23.2. The van der Waals surface area contributed by atoms with Gasteiger partial charge in [0.15, 0.2) is 0 Å². The molecule has 32 heavy (non-hydrogen) atoms. The number of carboxylic acid groups (broad SMARTS) is 1. The zero-order valence-electron chi connectivity index (χ0n) is 17.9. The fraction of sp³-hybridized carbons (Fsp3) is 0.111. The van der Waals surface area contributed by atoms with Crippen molar-refractivity contribution < 1.29 is 14.6 Å². The van der Waals surface area contributed by atoms with Gasteiger partial charge in [-0.1, -0.05) is 42.5 Å². The molecule has 1 N–H and O–H groups in total. The number of nitrogens with zero attached hydrogens (tertiary/aromatic N) is 2. The zero-order chi connectivity index (χ0) is 22.2. The van der Waals surface area contributed by atoms with Crippen molar-refractivity contribution in [1.82, 2.24) is 9.38 Å². The SMILES string of the molecule is Cc1cc2ccccn2c1-c1cc(C(=O)O)c2c(OCc3ccccc3)ccc(C)c2n1. The third-order valence-corrected chi connectivity index (χ3v) is 5.70. The van der Waals surface area contributed by atoms with Gasteiger partial charge in [0, 0.05) is 11.7 Å². The van der Waals surface area contributed by atoms with Crippen LogP contribution in [-0.4, -0.2) is 20.5 Å². The highest BCUT2D eigenvalue weighted by molar-refractivity contribution is 6.07. The van der Waals surface area contributed by atoms with Crippen LogP contribution in [0.25, 0.3) is 27.8 Å². The van der Waals surface area contributed by atoms with Gasteiger partial charge in [-0.05, 0) is 60.9 Å². The second kappa shape index (κ2) is 7.85. The molecule has 3 heterocycles. The number of benzene rings is 2. The monoisotopic (exact) mass is 422 g/mol. The summed E-state index contributed by atoms with van der Waals surface area (Å²) < 4.78 is 8.11. The second-order valence-electron chi connectivity index (χ2n) is 7.91. The lowest BCUT2D eigenvalue weighted by atomic mass is 10.0. The van der Waals surface area contributed by atoms with Crippen molar-refractivity contribution in [1.29, 1.82) is 0 Å². The number of pyridine rings is 2. The van der Waals surface area contributed by atoms with E-state index in [0.717, 1.165) is 27.9 Å². The van der Waals surface area contributed by atoms with Crippen LogP contribution < -0.4 is 4.74 Å². The van der Waals surface area contributed by atoms with Crippen LogP contribution in [0.2, 0.25) is 0 Å². The Morgan fingerprint density at radius 2 is 1.75 bits per heavy atom. The molecular formula is C27H22N2O3. The van der Waals surface area contributed by atoms with Gasteiger partial charge >= 0.3 is 5.97 Å². The molecule has 0 atom stereocenters. The van der Waals surface area contributed by atoms with Crippen LogP contribution >= 0.6 is 0 Å². The van der Waals surface area contributed by atoms with E-state index in [1.54, 1.807) is 6.07 Å². The topological polar surface area (TPSA) is 63.8 Å². The van der Waals surface area contributed by atoms with Gasteiger partial charge in [0.05, 0.1) is 27.9 Å². The van der Waals surface area contributed by atoms with E-state index in [1.807, 2.05) is 85.1 Å². The molecule has 5 nitrogen and oxygen atoms in total. The molecule has 2 aromatic carbocycles. The Bertz CT molecular complexity index is 1470. The highest BCUT2D eigenvalue weighted by Crippen LogP contribution is 2.35. The number of aryl methyl sites for hydroxylation is 2. The summed E-state index contributed by atoms with van der Waals surface area (Å²) in [6.07, 6.45) is 1.97. The van der Waals surface area contributed by atoms with Gasteiger partial charge in [-0.2, -0.15) is 0 Å². The van der Waals surface area contributed by atoms with E-state index in [2.05, 4.69) is 6.07 Å². The van der Waals surface area contributed by atoms with Gasteiger partial charge < -0.3 is 14.2 Å². The fourth-order valence-electron chi connectivity index (χ4n) is 4.17. The first-order chi connectivity index (χ1) is 15.5. The van der Waals surface area contributed by atoms with Crippen molar-refractivity contribution >= 4 is 22.4 Å². The summed E-state index contributed by atoms with van der Waals surface area (Å²) in [7, 11) is 0. The largest absolute Gasteiger partial charge is 0.488 e. The molecule has 0 saturated heterocycles. The van der Waals surface area contributed by atoms with Gasteiger partial charge in [0.2, 0.25) is 0 Å². The third kappa shape index (κ3) is 3.38. The first kappa shape index (κ1) is 19.8. The van der Waals surface area contributed by atoms with Gasteiger partial charge in [-0.3, -0.25) is 0 Å². The summed E-state index contributed by atoms with van der Waals surface area (Å²) in [4.78, 5) is 17.3. The molecule has 5 aromatic rings. The van der Waals surface area contributed by atoms with Crippen molar-refractivity contribution in [3.8, 4) is 17.1 Å². The van der Waals surface area contributed by atoms with Crippen LogP contribution in [0.15, 0.2) is 79.0 Å². The average molecular weight is 422 g/mol. The van der Waals surface area contributed by atoms with Crippen molar-refractivity contribution in [2.45, 2.75) is 20.5 Å². The number of hydrogen-bond donors (Lipinski definition) is 1. The molecule has 0 fully saturated rings. The molecule has 0 aliphatic carbocycles. The number of fused-ring (bicyclic) bond motifs is 2. The lowest BCUT2D eigenvalue weighted by Gasteiger charge is -2.15. The predicted molar refractivity (Wildman–Crippen MR) is 125 cm³/mol. The molecule has 0 spiro atoms. The molecular weight excluding hydrogens is 400 g/mol. The molecule has 0 unspecified atom stereocenters. The van der Waals surface area contributed by atoms with E-state index >= 15 is 0 Å². The Morgan fingerprint density at radius 1 is 0.969 bits per heavy atom. The molecule has 5 heteroatoms. The van der Waals surface area contributed by atoms with E-state index in [9.17, 15) is 9.90 Å². The maximum Gasteiger partial charge on any atom is 0.336 e. The Morgan fingerprint density at radius 3 is 2.53 bits per heavy atom. The van der Waals surface area contributed by atoms with E-state index in [1.165, 1.54) is 0 Å². The molecule has 0 aliphatic heterocycles. The minimum Gasteiger partial charge on any atom is -0.488 e. The van der Waals surface area contributed by atoms with Gasteiger partial charge in [-0.15, -0.1) is 0 Å². The number of carbonyl (C=O) groups is 1. The van der Waals surface area contributed by atoms with Crippen LogP contribution in [0, 0.1) is 13.8 Å². The maximum absolute atomic E-state index is 12.3. The molecule has 0 saturated carbocycles. The first-order valence-electron chi connectivity index (χ1n) is 10.4. The van der Waals surface area contributed by atoms with Crippen molar-refractivity contribution in [2.75, 3.05) is 0 Å². The fourth-order valence-corrected chi connectivity index (χ4v) is 4.17. The zero-order valence-corrected chi connectivity index (χ0v) is 17.9. The van der Waals surface area contributed by atoms with Crippen molar-refractivity contribution in [3.05, 3.63) is 101 Å². The van der Waals surface area contributed by atoms with E-state index < -0.39 is 5.97 Å². The summed E-state index contributed by atoms with van der Waals surface area (Å²) in [6.45, 7) is 4.30. The molecule has 158 valence electrons. The molecule has 0 amide bonds. The number of ether oxygens (including phenoxy) is 1. The number of aromatic nitrogens is 2. The normalized spacial score (nSPS) is 11.2. The third-order valence-electron chi connectivity index (χ3n) is 5.70. The average Bonchev–Trinajstić information content (AvgIpc) is 3.14. The van der Waals surface area contributed by atoms with Crippen LogP contribution in [-0.2, 0) is 6.61 Å². The quantitative estimate of drug-likeness (QED) is 0.375.